The highest BCUT2D eigenvalue weighted by atomic mass is 35.5. The van der Waals surface area contributed by atoms with Gasteiger partial charge in [0.15, 0.2) is 0 Å². The van der Waals surface area contributed by atoms with E-state index in [-0.39, 0.29) is 17.9 Å². The fraction of sp³-hybridized carbons (Fsp3) is 0.391. The van der Waals surface area contributed by atoms with Crippen LogP contribution in [-0.2, 0) is 16.1 Å². The van der Waals surface area contributed by atoms with Gasteiger partial charge in [-0.05, 0) is 48.7 Å². The number of carbonyl (C=O) groups is 2. The Bertz CT molecular complexity index is 910. The summed E-state index contributed by atoms with van der Waals surface area (Å²) in [6.07, 6.45) is 2.08. The van der Waals surface area contributed by atoms with E-state index in [1.807, 2.05) is 37.2 Å². The van der Waals surface area contributed by atoms with Gasteiger partial charge in [0.05, 0.1) is 16.7 Å². The van der Waals surface area contributed by atoms with E-state index in [1.54, 1.807) is 36.1 Å². The summed E-state index contributed by atoms with van der Waals surface area (Å²) < 4.78 is 5.71. The smallest absolute Gasteiger partial charge is 0.257 e. The topological polar surface area (TPSA) is 61.9 Å². The molecule has 160 valence electrons. The van der Waals surface area contributed by atoms with Gasteiger partial charge in [0.1, 0.15) is 0 Å². The molecule has 0 aliphatic carbocycles. The molecule has 1 saturated heterocycles. The van der Waals surface area contributed by atoms with Crippen molar-refractivity contribution < 1.29 is 14.3 Å². The predicted molar refractivity (Wildman–Crippen MR) is 120 cm³/mol. The molecule has 0 bridgehead atoms. The van der Waals surface area contributed by atoms with E-state index in [9.17, 15) is 9.59 Å². The van der Waals surface area contributed by atoms with E-state index < -0.39 is 0 Å². The lowest BCUT2D eigenvalue weighted by molar-refractivity contribution is -0.131. The molecule has 2 aromatic carbocycles. The molecule has 3 rings (SSSR count). The van der Waals surface area contributed by atoms with Crippen LogP contribution in [0.1, 0.15) is 35.7 Å². The van der Waals surface area contributed by atoms with Crippen molar-refractivity contribution in [2.45, 2.75) is 32.4 Å². The van der Waals surface area contributed by atoms with Crippen molar-refractivity contribution in [2.24, 2.45) is 0 Å². The van der Waals surface area contributed by atoms with Crippen LogP contribution >= 0.6 is 11.6 Å². The minimum atomic E-state index is -0.271. The molecule has 1 aliphatic heterocycles. The summed E-state index contributed by atoms with van der Waals surface area (Å²) in [6, 6.07) is 12.6. The van der Waals surface area contributed by atoms with Crippen LogP contribution in [-0.4, -0.2) is 50.1 Å². The summed E-state index contributed by atoms with van der Waals surface area (Å²) in [5.74, 6) is -0.271. The number of rotatable bonds is 7. The van der Waals surface area contributed by atoms with Crippen molar-refractivity contribution in [3.05, 3.63) is 58.6 Å². The van der Waals surface area contributed by atoms with Crippen LogP contribution in [0.2, 0.25) is 5.02 Å². The summed E-state index contributed by atoms with van der Waals surface area (Å²) >= 11 is 6.14. The van der Waals surface area contributed by atoms with Crippen LogP contribution < -0.4 is 10.2 Å². The Morgan fingerprint density at radius 1 is 1.20 bits per heavy atom. The first-order valence-corrected chi connectivity index (χ1v) is 10.5. The first-order valence-electron chi connectivity index (χ1n) is 10.1. The molecule has 30 heavy (non-hydrogen) atoms. The number of carbonyl (C=O) groups excluding carboxylic acids is 2. The zero-order valence-electron chi connectivity index (χ0n) is 17.7. The Balaban J connectivity index is 1.82. The quantitative estimate of drug-likeness (QED) is 0.717. The maximum absolute atomic E-state index is 12.6. The number of hydrogen-bond acceptors (Lipinski definition) is 4. The molecule has 1 aliphatic rings. The first kappa shape index (κ1) is 22.1. The number of anilines is 2. The highest BCUT2D eigenvalue weighted by Crippen LogP contribution is 2.26. The summed E-state index contributed by atoms with van der Waals surface area (Å²) in [7, 11) is 3.91. The number of nitrogens with one attached hydrogen (secondary N) is 1. The molecule has 2 amide bonds. The molecule has 0 radical (unpaired) electrons. The number of halogens is 1. The average molecular weight is 430 g/mol. The summed E-state index contributed by atoms with van der Waals surface area (Å²) in [4.78, 5) is 28.7. The summed E-state index contributed by atoms with van der Waals surface area (Å²) in [6.45, 7) is 3.34. The van der Waals surface area contributed by atoms with Crippen LogP contribution in [0, 0.1) is 0 Å². The molecule has 6 nitrogen and oxygen atoms in total. The second-order valence-corrected chi connectivity index (χ2v) is 8.11. The Morgan fingerprint density at radius 3 is 2.60 bits per heavy atom. The molecule has 0 spiro atoms. The average Bonchev–Trinajstić information content (AvgIpc) is 3.21. The van der Waals surface area contributed by atoms with Crippen molar-refractivity contribution in [3.63, 3.8) is 0 Å². The Kier molecular flexibility index (Phi) is 7.34. The van der Waals surface area contributed by atoms with Crippen LogP contribution in [0.5, 0.6) is 0 Å². The van der Waals surface area contributed by atoms with Gasteiger partial charge in [-0.2, -0.15) is 0 Å². The molecular formula is C23H28ClN3O3. The molecule has 2 aromatic rings. The van der Waals surface area contributed by atoms with E-state index in [0.717, 1.165) is 30.7 Å². The second kappa shape index (κ2) is 9.96. The van der Waals surface area contributed by atoms with Crippen LogP contribution in [0.15, 0.2) is 42.5 Å². The lowest BCUT2D eigenvalue weighted by atomic mass is 10.1. The number of benzene rings is 2. The third-order valence-electron chi connectivity index (χ3n) is 5.19. The highest BCUT2D eigenvalue weighted by Gasteiger charge is 2.22. The third kappa shape index (κ3) is 5.52. The number of ether oxygens (including phenoxy) is 1. The lowest BCUT2D eigenvalue weighted by Crippen LogP contribution is -2.35. The van der Waals surface area contributed by atoms with E-state index in [4.69, 9.17) is 16.3 Å². The van der Waals surface area contributed by atoms with E-state index in [0.29, 0.717) is 29.4 Å². The Hall–Kier alpha value is -2.57. The maximum atomic E-state index is 12.6. The third-order valence-corrected chi connectivity index (χ3v) is 5.52. The van der Waals surface area contributed by atoms with Crippen molar-refractivity contribution in [2.75, 3.05) is 37.5 Å². The zero-order chi connectivity index (χ0) is 21.7. The molecule has 7 heteroatoms. The number of amides is 2. The lowest BCUT2D eigenvalue weighted by Gasteiger charge is -2.27. The van der Waals surface area contributed by atoms with Crippen molar-refractivity contribution >= 4 is 34.8 Å². The van der Waals surface area contributed by atoms with Gasteiger partial charge in [0.2, 0.25) is 5.91 Å². The van der Waals surface area contributed by atoms with Crippen molar-refractivity contribution in [1.82, 2.24) is 4.90 Å². The highest BCUT2D eigenvalue weighted by molar-refractivity contribution is 6.34. The van der Waals surface area contributed by atoms with Crippen molar-refractivity contribution in [3.8, 4) is 0 Å². The second-order valence-electron chi connectivity index (χ2n) is 7.71. The first-order chi connectivity index (χ1) is 14.3. The van der Waals surface area contributed by atoms with Crippen LogP contribution in [0.4, 0.5) is 11.4 Å². The molecular weight excluding hydrogens is 402 g/mol. The maximum Gasteiger partial charge on any atom is 0.257 e. The van der Waals surface area contributed by atoms with Gasteiger partial charge in [-0.15, -0.1) is 0 Å². The van der Waals surface area contributed by atoms with Crippen LogP contribution in [0.3, 0.4) is 0 Å². The minimum Gasteiger partial charge on any atom is -0.377 e. The standard InChI is InChI=1S/C23H28ClN3O3/c1-16(28)27(15-19-7-6-12-30-19)14-17-13-18(10-11-22(17)26(2)3)25-23(29)20-8-4-5-9-21(20)24/h4-5,8-11,13,19H,6-7,12,14-15H2,1-3H3,(H,25,29)/t19-/m1/s1. The van der Waals surface area contributed by atoms with Gasteiger partial charge < -0.3 is 19.9 Å². The predicted octanol–water partition coefficient (Wildman–Crippen LogP) is 4.19. The largest absolute Gasteiger partial charge is 0.377 e. The van der Waals surface area contributed by atoms with E-state index in [1.165, 1.54) is 0 Å². The van der Waals surface area contributed by atoms with Gasteiger partial charge in [-0.3, -0.25) is 9.59 Å². The fourth-order valence-electron chi connectivity index (χ4n) is 3.61. The Morgan fingerprint density at radius 2 is 1.97 bits per heavy atom. The molecule has 1 fully saturated rings. The monoisotopic (exact) mass is 429 g/mol. The SMILES string of the molecule is CC(=O)N(Cc1cc(NC(=O)c2ccccc2Cl)ccc1N(C)C)C[C@H]1CCCO1. The molecule has 1 heterocycles. The summed E-state index contributed by atoms with van der Waals surface area (Å²) in [5, 5.41) is 3.31. The molecule has 1 N–H and O–H groups in total. The Labute approximate surface area is 182 Å². The number of hydrogen-bond donors (Lipinski definition) is 1. The van der Waals surface area contributed by atoms with E-state index in [2.05, 4.69) is 5.32 Å². The van der Waals surface area contributed by atoms with Crippen LogP contribution in [0.25, 0.3) is 0 Å². The molecule has 1 atom stereocenters. The van der Waals surface area contributed by atoms with Crippen molar-refractivity contribution in [1.29, 1.82) is 0 Å². The van der Waals surface area contributed by atoms with Gasteiger partial charge >= 0.3 is 0 Å². The van der Waals surface area contributed by atoms with E-state index >= 15 is 0 Å². The molecule has 0 aromatic heterocycles. The molecule has 0 saturated carbocycles. The van der Waals surface area contributed by atoms with Gasteiger partial charge in [0, 0.05) is 52.1 Å². The fourth-order valence-corrected chi connectivity index (χ4v) is 3.84. The summed E-state index contributed by atoms with van der Waals surface area (Å²) in [5.41, 5.74) is 3.01. The van der Waals surface area contributed by atoms with Gasteiger partial charge in [-0.25, -0.2) is 0 Å². The molecule has 0 unspecified atom stereocenters. The van der Waals surface area contributed by atoms with Gasteiger partial charge in [0.25, 0.3) is 5.91 Å². The normalized spacial score (nSPS) is 15.7. The van der Waals surface area contributed by atoms with Gasteiger partial charge in [-0.1, -0.05) is 23.7 Å². The zero-order valence-corrected chi connectivity index (χ0v) is 18.4. The number of nitrogens with zero attached hydrogens (tertiary/aromatic N) is 2. The minimum absolute atomic E-state index is 0.000659.